The Morgan fingerprint density at radius 3 is 2.65 bits per heavy atom. The quantitative estimate of drug-likeness (QED) is 0.205. The van der Waals surface area contributed by atoms with Crippen LogP contribution in [0, 0.1) is 12.0 Å². The first-order valence-corrected chi connectivity index (χ1v) is 16.4. The lowest BCUT2D eigenvalue weighted by molar-refractivity contribution is -0.131. The average Bonchev–Trinajstić information content (AvgIpc) is 3.82. The molecule has 2 fully saturated rings. The molecule has 2 aliphatic heterocycles. The number of benzene rings is 2. The molecule has 2 aromatic carbocycles. The van der Waals surface area contributed by atoms with Gasteiger partial charge in [-0.1, -0.05) is 42.4 Å². The second-order valence-electron chi connectivity index (χ2n) is 13.2. The number of aromatic nitrogens is 2. The molecule has 0 radical (unpaired) electrons. The molecule has 1 saturated carbocycles. The van der Waals surface area contributed by atoms with E-state index in [0.717, 1.165) is 59.5 Å². The van der Waals surface area contributed by atoms with Crippen LogP contribution in [-0.2, 0) is 17.8 Å². The van der Waals surface area contributed by atoms with Gasteiger partial charge in [0.05, 0.1) is 23.9 Å². The van der Waals surface area contributed by atoms with Crippen molar-refractivity contribution in [3.8, 4) is 6.01 Å². The monoisotopic (exact) mass is 645 g/mol. The third-order valence-corrected chi connectivity index (χ3v) is 10.0. The number of hydrogen-bond donors (Lipinski definition) is 0. The highest BCUT2D eigenvalue weighted by Crippen LogP contribution is 2.47. The summed E-state index contributed by atoms with van der Waals surface area (Å²) in [6.07, 6.45) is 2.90. The van der Waals surface area contributed by atoms with Gasteiger partial charge in [0.1, 0.15) is 11.9 Å². The molecule has 1 amide bonds. The van der Waals surface area contributed by atoms with Crippen molar-refractivity contribution >= 4 is 39.8 Å². The number of rotatable bonds is 10. The van der Waals surface area contributed by atoms with Crippen LogP contribution in [0.25, 0.3) is 15.6 Å². The van der Waals surface area contributed by atoms with E-state index in [-0.39, 0.29) is 18.5 Å². The molecule has 46 heavy (non-hydrogen) atoms. The standard InChI is InChI=1S/C35H41ClFN7O2/c1-23(2)41(5)21-35(13-14-35)22-46-34-39-29-20-42(30-11-7-9-25-8-6-10-28(36)31(25)30)15-12-27(29)32(40-34)43-16-17-44(33(45)24(3)37)26(19-43)18-38-4/h6-11,23,26H,3,12-22H2,1-2,5H3/t26-/m0/s1. The van der Waals surface area contributed by atoms with Crippen LogP contribution in [0.3, 0.4) is 0 Å². The molecule has 0 bridgehead atoms. The van der Waals surface area contributed by atoms with E-state index in [1.807, 2.05) is 12.1 Å². The number of nitrogens with zero attached hydrogens (tertiary/aromatic N) is 7. The van der Waals surface area contributed by atoms with Gasteiger partial charge in [-0.15, -0.1) is 0 Å². The molecule has 6 rings (SSSR count). The number of ether oxygens (including phenoxy) is 1. The van der Waals surface area contributed by atoms with E-state index in [0.29, 0.717) is 49.7 Å². The zero-order valence-electron chi connectivity index (χ0n) is 26.8. The van der Waals surface area contributed by atoms with Gasteiger partial charge in [0.25, 0.3) is 5.91 Å². The Labute approximate surface area is 275 Å². The normalized spacial score (nSPS) is 18.9. The SMILES string of the molecule is [C-]#[N+]C[C@H]1CN(c2nc(OCC3(CN(C)C(C)C)CC3)nc3c2CCN(c2cccc4cccc(Cl)c24)C3)CCN1C(=O)C(=C)F. The molecular weight excluding hydrogens is 605 g/mol. The molecule has 3 aromatic rings. The van der Waals surface area contributed by atoms with E-state index >= 15 is 0 Å². The van der Waals surface area contributed by atoms with Crippen LogP contribution >= 0.6 is 11.6 Å². The molecule has 9 nitrogen and oxygen atoms in total. The summed E-state index contributed by atoms with van der Waals surface area (Å²) >= 11 is 6.71. The maximum absolute atomic E-state index is 13.9. The molecular formula is C35H41ClFN7O2. The predicted octanol–water partition coefficient (Wildman–Crippen LogP) is 5.76. The molecule has 3 heterocycles. The van der Waals surface area contributed by atoms with E-state index < -0.39 is 17.8 Å². The zero-order valence-corrected chi connectivity index (χ0v) is 27.6. The van der Waals surface area contributed by atoms with Crippen molar-refractivity contribution in [3.05, 3.63) is 76.5 Å². The van der Waals surface area contributed by atoms with Crippen LogP contribution in [0.15, 0.2) is 48.8 Å². The lowest BCUT2D eigenvalue weighted by atomic mass is 10.0. The highest BCUT2D eigenvalue weighted by molar-refractivity contribution is 6.36. The molecule has 1 atom stereocenters. The summed E-state index contributed by atoms with van der Waals surface area (Å²) in [7, 11) is 2.15. The third kappa shape index (κ3) is 6.49. The van der Waals surface area contributed by atoms with Crippen LogP contribution in [0.5, 0.6) is 6.01 Å². The highest BCUT2D eigenvalue weighted by atomic mass is 35.5. The van der Waals surface area contributed by atoms with Crippen molar-refractivity contribution in [2.75, 3.05) is 62.7 Å². The van der Waals surface area contributed by atoms with Crippen molar-refractivity contribution < 1.29 is 13.9 Å². The fourth-order valence-corrected chi connectivity index (χ4v) is 6.93. The number of anilines is 2. The minimum atomic E-state index is -1.01. The Morgan fingerprint density at radius 1 is 1.20 bits per heavy atom. The van der Waals surface area contributed by atoms with Gasteiger partial charge in [0, 0.05) is 60.8 Å². The first kappa shape index (κ1) is 32.0. The van der Waals surface area contributed by atoms with E-state index in [4.69, 9.17) is 32.9 Å². The van der Waals surface area contributed by atoms with Crippen molar-refractivity contribution in [1.82, 2.24) is 19.8 Å². The van der Waals surface area contributed by atoms with E-state index in [1.54, 1.807) is 0 Å². The van der Waals surface area contributed by atoms with Gasteiger partial charge >= 0.3 is 6.01 Å². The number of halogens is 2. The van der Waals surface area contributed by atoms with Crippen molar-refractivity contribution in [3.63, 3.8) is 0 Å². The summed E-state index contributed by atoms with van der Waals surface area (Å²) in [4.78, 5) is 34.3. The van der Waals surface area contributed by atoms with Gasteiger partial charge in [-0.2, -0.15) is 9.97 Å². The van der Waals surface area contributed by atoms with Crippen LogP contribution in [0.1, 0.15) is 37.9 Å². The summed E-state index contributed by atoms with van der Waals surface area (Å²) in [5.74, 6) is -1.00. The molecule has 11 heteroatoms. The van der Waals surface area contributed by atoms with Crippen LogP contribution in [0.2, 0.25) is 5.02 Å². The Hall–Kier alpha value is -3.94. The maximum Gasteiger partial charge on any atom is 0.318 e. The second kappa shape index (κ2) is 13.0. The fourth-order valence-electron chi connectivity index (χ4n) is 6.65. The van der Waals surface area contributed by atoms with Gasteiger partial charge in [-0.25, -0.2) is 11.0 Å². The Bertz CT molecular complexity index is 1680. The minimum Gasteiger partial charge on any atom is -0.463 e. The topological polar surface area (TPSA) is 69.4 Å². The molecule has 242 valence electrons. The van der Waals surface area contributed by atoms with Gasteiger partial charge in [-0.3, -0.25) is 4.79 Å². The van der Waals surface area contributed by atoms with Gasteiger partial charge in [-0.05, 0) is 57.7 Å². The van der Waals surface area contributed by atoms with E-state index in [1.165, 1.54) is 4.90 Å². The maximum atomic E-state index is 13.9. The van der Waals surface area contributed by atoms with Crippen LogP contribution in [-0.4, -0.2) is 90.7 Å². The summed E-state index contributed by atoms with van der Waals surface area (Å²) in [5.41, 5.74) is 3.07. The predicted molar refractivity (Wildman–Crippen MR) is 180 cm³/mol. The van der Waals surface area contributed by atoms with E-state index in [2.05, 4.69) is 71.3 Å². The zero-order chi connectivity index (χ0) is 32.6. The first-order chi connectivity index (χ1) is 22.1. The third-order valence-electron chi connectivity index (χ3n) is 9.70. The fraction of sp³-hybridized carbons (Fsp3) is 0.486. The Morgan fingerprint density at radius 2 is 1.96 bits per heavy atom. The largest absolute Gasteiger partial charge is 0.463 e. The molecule has 1 aromatic heterocycles. The number of amides is 1. The number of fused-ring (bicyclic) bond motifs is 2. The number of hydrogen-bond acceptors (Lipinski definition) is 7. The minimum absolute atomic E-state index is 0.0632. The molecule has 0 unspecified atom stereocenters. The van der Waals surface area contributed by atoms with Crippen LogP contribution in [0.4, 0.5) is 15.9 Å². The van der Waals surface area contributed by atoms with Gasteiger partial charge in [0.2, 0.25) is 6.54 Å². The van der Waals surface area contributed by atoms with Gasteiger partial charge in [0.15, 0.2) is 5.83 Å². The summed E-state index contributed by atoms with van der Waals surface area (Å²) in [5, 5.41) is 2.81. The number of carbonyl (C=O) groups excluding carboxylic acids is 1. The second-order valence-corrected chi connectivity index (χ2v) is 13.6. The summed E-state index contributed by atoms with van der Waals surface area (Å²) in [6, 6.07) is 12.5. The first-order valence-electron chi connectivity index (χ1n) is 16.0. The van der Waals surface area contributed by atoms with Crippen LogP contribution < -0.4 is 14.5 Å². The smallest absolute Gasteiger partial charge is 0.318 e. The molecule has 1 aliphatic carbocycles. The average molecular weight is 646 g/mol. The Balaban J connectivity index is 1.33. The Kier molecular flexibility index (Phi) is 9.08. The molecule has 3 aliphatic rings. The summed E-state index contributed by atoms with van der Waals surface area (Å²) in [6.45, 7) is 19.0. The number of carbonyl (C=O) groups is 1. The molecule has 0 spiro atoms. The highest BCUT2D eigenvalue weighted by Gasteiger charge is 2.45. The lowest BCUT2D eigenvalue weighted by Crippen LogP contribution is -2.57. The van der Waals surface area contributed by atoms with Gasteiger partial charge < -0.3 is 29.2 Å². The summed E-state index contributed by atoms with van der Waals surface area (Å²) < 4.78 is 20.3. The van der Waals surface area contributed by atoms with Crippen molar-refractivity contribution in [2.24, 2.45) is 5.41 Å². The number of piperazine rings is 1. The lowest BCUT2D eigenvalue weighted by Gasteiger charge is -2.41. The van der Waals surface area contributed by atoms with Crippen molar-refractivity contribution in [2.45, 2.75) is 51.7 Å². The molecule has 1 saturated heterocycles. The van der Waals surface area contributed by atoms with Crippen molar-refractivity contribution in [1.29, 1.82) is 0 Å². The molecule has 0 N–H and O–H groups in total. The van der Waals surface area contributed by atoms with E-state index in [9.17, 15) is 9.18 Å².